The fourth-order valence-electron chi connectivity index (χ4n) is 2.48. The van der Waals surface area contributed by atoms with E-state index in [1.165, 1.54) is 32.8 Å². The highest BCUT2D eigenvalue weighted by Crippen LogP contribution is 2.46. The van der Waals surface area contributed by atoms with E-state index in [2.05, 4.69) is 0 Å². The molecule has 0 N–H and O–H groups in total. The molecule has 132 valence electrons. The normalized spacial score (nSPS) is 20.8. The summed E-state index contributed by atoms with van der Waals surface area (Å²) in [4.78, 5) is 27.0. The van der Waals surface area contributed by atoms with Gasteiger partial charge in [0.15, 0.2) is 11.0 Å². The molecule has 1 atom stereocenters. The Morgan fingerprint density at radius 3 is 2.33 bits per heavy atom. The first-order valence-electron chi connectivity index (χ1n) is 7.13. The van der Waals surface area contributed by atoms with Gasteiger partial charge in [-0.1, -0.05) is 34.8 Å². The fraction of sp³-hybridized carbons (Fsp3) is 0.500. The van der Waals surface area contributed by atoms with Gasteiger partial charge in [0.05, 0.1) is 7.11 Å². The largest absolute Gasteiger partial charge is 0.497 e. The third-order valence-corrected chi connectivity index (χ3v) is 5.64. The second-order valence-electron chi connectivity index (χ2n) is 6.27. The van der Waals surface area contributed by atoms with Gasteiger partial charge in [-0.25, -0.2) is 0 Å². The van der Waals surface area contributed by atoms with Gasteiger partial charge < -0.3 is 14.4 Å². The summed E-state index contributed by atoms with van der Waals surface area (Å²) in [5, 5.41) is 0. The summed E-state index contributed by atoms with van der Waals surface area (Å²) in [5.74, 6) is -0.685. The van der Waals surface area contributed by atoms with Crippen molar-refractivity contribution >= 4 is 52.4 Å². The predicted molar refractivity (Wildman–Crippen MR) is 94.2 cm³/mol. The zero-order chi connectivity index (χ0) is 18.5. The number of benzene rings is 1. The lowest BCUT2D eigenvalue weighted by atomic mass is 9.83. The van der Waals surface area contributed by atoms with Gasteiger partial charge in [0.25, 0.3) is 0 Å². The van der Waals surface area contributed by atoms with Crippen LogP contribution in [0.3, 0.4) is 0 Å². The summed E-state index contributed by atoms with van der Waals surface area (Å²) >= 11 is 17.6. The van der Waals surface area contributed by atoms with Crippen LogP contribution < -0.4 is 9.64 Å². The number of ether oxygens (including phenoxy) is 2. The molecule has 1 aromatic rings. The first kappa shape index (κ1) is 19.2. The highest BCUT2D eigenvalue weighted by Gasteiger charge is 2.56. The van der Waals surface area contributed by atoms with Crippen molar-refractivity contribution in [1.82, 2.24) is 0 Å². The Kier molecular flexibility index (Phi) is 4.77. The van der Waals surface area contributed by atoms with Gasteiger partial charge in [-0.15, -0.1) is 0 Å². The van der Waals surface area contributed by atoms with Gasteiger partial charge in [-0.2, -0.15) is 0 Å². The number of carbonyl (C=O) groups is 2. The Morgan fingerprint density at radius 1 is 1.25 bits per heavy atom. The third-order valence-electron chi connectivity index (χ3n) is 4.27. The number of anilines is 1. The molecule has 24 heavy (non-hydrogen) atoms. The molecule has 0 radical (unpaired) electrons. The molecular formula is C16H18Cl3NO4. The Labute approximate surface area is 155 Å². The molecule has 2 rings (SSSR count). The quantitative estimate of drug-likeness (QED) is 0.446. The van der Waals surface area contributed by atoms with Gasteiger partial charge in [-0.05, 0) is 39.0 Å². The maximum Gasteiger partial charge on any atom is 0.326 e. The number of hydrogen-bond donors (Lipinski definition) is 0. The number of hydrogen-bond acceptors (Lipinski definition) is 4. The number of likely N-dealkylation sites (N-methyl/N-ethyl adjacent to an activating group) is 1. The van der Waals surface area contributed by atoms with E-state index in [9.17, 15) is 9.59 Å². The number of alkyl halides is 3. The van der Waals surface area contributed by atoms with E-state index >= 15 is 0 Å². The molecular weight excluding hydrogens is 377 g/mol. The van der Waals surface area contributed by atoms with Crippen LogP contribution in [-0.2, 0) is 19.7 Å². The number of methoxy groups -OCH3 is 1. The molecule has 0 saturated carbocycles. The van der Waals surface area contributed by atoms with Crippen molar-refractivity contribution < 1.29 is 19.1 Å². The molecule has 1 amide bonds. The molecule has 0 unspecified atom stereocenters. The third kappa shape index (κ3) is 2.83. The molecule has 1 aromatic carbocycles. The van der Waals surface area contributed by atoms with Crippen molar-refractivity contribution in [1.29, 1.82) is 0 Å². The molecule has 0 fully saturated rings. The lowest BCUT2D eigenvalue weighted by molar-refractivity contribution is -0.164. The second kappa shape index (κ2) is 5.97. The molecule has 1 aliphatic heterocycles. The highest BCUT2D eigenvalue weighted by atomic mass is 35.6. The van der Waals surface area contributed by atoms with Crippen LogP contribution in [0.5, 0.6) is 5.75 Å². The highest BCUT2D eigenvalue weighted by molar-refractivity contribution is 6.68. The lowest BCUT2D eigenvalue weighted by Crippen LogP contribution is -2.50. The van der Waals surface area contributed by atoms with Crippen LogP contribution >= 0.6 is 34.8 Å². The van der Waals surface area contributed by atoms with Crippen molar-refractivity contribution in [2.75, 3.05) is 19.1 Å². The first-order chi connectivity index (χ1) is 10.9. The minimum Gasteiger partial charge on any atom is -0.497 e. The van der Waals surface area contributed by atoms with Crippen molar-refractivity contribution in [2.45, 2.75) is 35.6 Å². The monoisotopic (exact) mass is 393 g/mol. The van der Waals surface area contributed by atoms with Gasteiger partial charge in [0.1, 0.15) is 5.75 Å². The molecule has 1 aliphatic rings. The van der Waals surface area contributed by atoms with Gasteiger partial charge in [-0.3, -0.25) is 9.59 Å². The minimum absolute atomic E-state index is 0.420. The van der Waals surface area contributed by atoms with Crippen molar-refractivity contribution in [3.63, 3.8) is 0 Å². The standard InChI is InChI=1S/C16H18Cl3NO4/c1-14(2,16(17,18)19)24-13(22)15(3)10-8-9(23-5)6-7-11(10)20(4)12(15)21/h6-8H,1-5H3/t15-/m0/s1. The number of nitrogens with zero attached hydrogens (tertiary/aromatic N) is 1. The number of halogens is 3. The number of rotatable bonds is 3. The number of esters is 1. The maximum absolute atomic E-state index is 12.9. The maximum atomic E-state index is 12.9. The minimum atomic E-state index is -1.84. The molecule has 8 heteroatoms. The average molecular weight is 395 g/mol. The SMILES string of the molecule is COc1ccc2c(c1)[C@](C)(C(=O)OC(C)(C)C(Cl)(Cl)Cl)C(=O)N2C. The molecule has 0 aliphatic carbocycles. The summed E-state index contributed by atoms with van der Waals surface area (Å²) in [6.07, 6.45) is 0. The van der Waals surface area contributed by atoms with Gasteiger partial charge in [0, 0.05) is 18.3 Å². The number of fused-ring (bicyclic) bond motifs is 1. The van der Waals surface area contributed by atoms with Crippen LogP contribution in [0.25, 0.3) is 0 Å². The van der Waals surface area contributed by atoms with E-state index in [1.54, 1.807) is 25.2 Å². The lowest BCUT2D eigenvalue weighted by Gasteiger charge is -2.34. The fourth-order valence-corrected chi connectivity index (χ4v) is 2.60. The molecule has 5 nitrogen and oxygen atoms in total. The molecule has 0 spiro atoms. The predicted octanol–water partition coefficient (Wildman–Crippen LogP) is 3.62. The molecule has 0 bridgehead atoms. The van der Waals surface area contributed by atoms with Crippen LogP contribution in [0.4, 0.5) is 5.69 Å². The van der Waals surface area contributed by atoms with Crippen molar-refractivity contribution in [3.05, 3.63) is 23.8 Å². The number of amides is 1. The summed E-state index contributed by atoms with van der Waals surface area (Å²) in [6, 6.07) is 5.07. The number of carbonyl (C=O) groups excluding carboxylic acids is 2. The average Bonchev–Trinajstić information content (AvgIpc) is 2.68. The first-order valence-corrected chi connectivity index (χ1v) is 8.26. The van der Waals surface area contributed by atoms with Crippen LogP contribution in [0.1, 0.15) is 26.3 Å². The van der Waals surface area contributed by atoms with E-state index in [0.29, 0.717) is 17.0 Å². The Hall–Kier alpha value is -1.17. The van der Waals surface area contributed by atoms with Gasteiger partial charge in [0.2, 0.25) is 9.70 Å². The summed E-state index contributed by atoms with van der Waals surface area (Å²) in [7, 11) is 3.09. The summed E-state index contributed by atoms with van der Waals surface area (Å²) in [5.41, 5.74) is -1.88. The van der Waals surface area contributed by atoms with Gasteiger partial charge >= 0.3 is 5.97 Å². The zero-order valence-electron chi connectivity index (χ0n) is 13.9. The van der Waals surface area contributed by atoms with Crippen molar-refractivity contribution in [2.24, 2.45) is 0 Å². The van der Waals surface area contributed by atoms with E-state index in [-0.39, 0.29) is 0 Å². The Balaban J connectivity index is 2.50. The topological polar surface area (TPSA) is 55.8 Å². The van der Waals surface area contributed by atoms with Crippen LogP contribution in [0, 0.1) is 0 Å². The van der Waals surface area contributed by atoms with E-state index in [4.69, 9.17) is 44.3 Å². The van der Waals surface area contributed by atoms with Crippen LogP contribution in [0.2, 0.25) is 0 Å². The Bertz CT molecular complexity index is 699. The summed E-state index contributed by atoms with van der Waals surface area (Å²) in [6.45, 7) is 4.43. The second-order valence-corrected chi connectivity index (χ2v) is 8.55. The Morgan fingerprint density at radius 2 is 1.83 bits per heavy atom. The molecule has 0 saturated heterocycles. The van der Waals surface area contributed by atoms with Crippen LogP contribution in [-0.4, -0.2) is 35.4 Å². The smallest absolute Gasteiger partial charge is 0.326 e. The molecule has 1 heterocycles. The van der Waals surface area contributed by atoms with Crippen molar-refractivity contribution in [3.8, 4) is 5.75 Å². The zero-order valence-corrected chi connectivity index (χ0v) is 16.2. The van der Waals surface area contributed by atoms with E-state index in [1.807, 2.05) is 0 Å². The van der Waals surface area contributed by atoms with E-state index in [0.717, 1.165) is 0 Å². The molecule has 0 aromatic heterocycles. The van der Waals surface area contributed by atoms with Crippen LogP contribution in [0.15, 0.2) is 18.2 Å². The van der Waals surface area contributed by atoms with E-state index < -0.39 is 26.7 Å². The summed E-state index contributed by atoms with van der Waals surface area (Å²) < 4.78 is 8.76.